The number of rotatable bonds is 5. The molecule has 23 heavy (non-hydrogen) atoms. The summed E-state index contributed by atoms with van der Waals surface area (Å²) < 4.78 is 0. The summed E-state index contributed by atoms with van der Waals surface area (Å²) in [5, 5.41) is 6.11. The molecule has 2 aromatic rings. The topological polar surface area (TPSA) is 54.0 Å². The van der Waals surface area contributed by atoms with Crippen molar-refractivity contribution in [1.29, 1.82) is 0 Å². The van der Waals surface area contributed by atoms with Gasteiger partial charge in [0.2, 0.25) is 5.91 Å². The highest BCUT2D eigenvalue weighted by Crippen LogP contribution is 2.13. The fraction of sp³-hybridized carbons (Fsp3) is 0.333. The Kier molecular flexibility index (Phi) is 6.56. The zero-order valence-corrected chi connectivity index (χ0v) is 13.8. The van der Waals surface area contributed by atoms with Crippen LogP contribution >= 0.6 is 12.4 Å². The quantitative estimate of drug-likeness (QED) is 0.885. The Labute approximate surface area is 143 Å². The highest BCUT2D eigenvalue weighted by atomic mass is 35.5. The number of hydrogen-bond donors (Lipinski definition) is 2. The van der Waals surface area contributed by atoms with Gasteiger partial charge in [0, 0.05) is 6.20 Å². The van der Waals surface area contributed by atoms with Crippen LogP contribution in [0.1, 0.15) is 24.0 Å². The van der Waals surface area contributed by atoms with Gasteiger partial charge < -0.3 is 10.6 Å². The monoisotopic (exact) mass is 331 g/mol. The molecule has 1 aliphatic heterocycles. The molecule has 2 heterocycles. The van der Waals surface area contributed by atoms with E-state index in [0.717, 1.165) is 32.2 Å². The number of aryl methyl sites for hydroxylation is 2. The third-order valence-corrected chi connectivity index (χ3v) is 4.00. The Bertz CT molecular complexity index is 627. The van der Waals surface area contributed by atoms with Crippen molar-refractivity contribution in [3.8, 4) is 0 Å². The van der Waals surface area contributed by atoms with E-state index in [-0.39, 0.29) is 24.4 Å². The van der Waals surface area contributed by atoms with Gasteiger partial charge in [0.25, 0.3) is 0 Å². The maximum Gasteiger partial charge on any atom is 0.242 e. The first-order chi connectivity index (χ1) is 10.8. The Hall–Kier alpha value is -1.91. The van der Waals surface area contributed by atoms with Crippen LogP contribution in [0, 0.1) is 0 Å². The summed E-state index contributed by atoms with van der Waals surface area (Å²) in [6.45, 7) is 0.919. The number of nitrogens with one attached hydrogen (secondary N) is 2. The number of pyridine rings is 1. The molecule has 0 spiro atoms. The van der Waals surface area contributed by atoms with Crippen LogP contribution in [0.2, 0.25) is 0 Å². The van der Waals surface area contributed by atoms with Gasteiger partial charge in [0.15, 0.2) is 0 Å². The van der Waals surface area contributed by atoms with Gasteiger partial charge in [-0.2, -0.15) is 0 Å². The summed E-state index contributed by atoms with van der Waals surface area (Å²) in [6, 6.07) is 14.3. The van der Waals surface area contributed by atoms with Crippen LogP contribution in [0.5, 0.6) is 0 Å². The SMILES string of the molecule is Cl.O=C(Nc1cc(CCc2ccccc2)ccn1)C1CCCN1. The third-order valence-electron chi connectivity index (χ3n) is 4.00. The zero-order valence-electron chi connectivity index (χ0n) is 13.0. The molecular formula is C18H22ClN3O. The van der Waals surface area contributed by atoms with E-state index in [1.807, 2.05) is 18.2 Å². The molecule has 3 rings (SSSR count). The first kappa shape index (κ1) is 17.4. The average Bonchev–Trinajstić information content (AvgIpc) is 3.09. The molecule has 0 saturated carbocycles. The van der Waals surface area contributed by atoms with Crippen molar-refractivity contribution in [2.45, 2.75) is 31.7 Å². The number of carbonyl (C=O) groups excluding carboxylic acids is 1. The maximum atomic E-state index is 12.1. The number of carbonyl (C=O) groups is 1. The normalized spacial score (nSPS) is 16.6. The van der Waals surface area contributed by atoms with E-state index in [1.165, 1.54) is 11.1 Å². The van der Waals surface area contributed by atoms with Gasteiger partial charge in [-0.25, -0.2) is 4.98 Å². The molecule has 1 aromatic heterocycles. The highest BCUT2D eigenvalue weighted by molar-refractivity contribution is 5.94. The summed E-state index contributed by atoms with van der Waals surface area (Å²) in [5.74, 6) is 0.662. The molecule has 1 unspecified atom stereocenters. The lowest BCUT2D eigenvalue weighted by molar-refractivity contribution is -0.117. The largest absolute Gasteiger partial charge is 0.309 e. The lowest BCUT2D eigenvalue weighted by atomic mass is 10.1. The molecule has 1 atom stereocenters. The molecule has 1 aliphatic rings. The van der Waals surface area contributed by atoms with Crippen molar-refractivity contribution in [1.82, 2.24) is 10.3 Å². The molecule has 4 nitrogen and oxygen atoms in total. The fourth-order valence-electron chi connectivity index (χ4n) is 2.75. The van der Waals surface area contributed by atoms with Crippen molar-refractivity contribution in [3.05, 3.63) is 59.8 Å². The molecular weight excluding hydrogens is 310 g/mol. The lowest BCUT2D eigenvalue weighted by Crippen LogP contribution is -2.35. The first-order valence-corrected chi connectivity index (χ1v) is 7.84. The standard InChI is InChI=1S/C18H21N3O.ClH/c22-18(16-7-4-11-19-16)21-17-13-15(10-12-20-17)9-8-14-5-2-1-3-6-14;/h1-3,5-6,10,12-13,16,19H,4,7-9,11H2,(H,20,21,22);1H. The molecule has 1 aromatic carbocycles. The number of benzene rings is 1. The van der Waals surface area contributed by atoms with Crippen LogP contribution < -0.4 is 10.6 Å². The van der Waals surface area contributed by atoms with Gasteiger partial charge in [-0.05, 0) is 55.5 Å². The lowest BCUT2D eigenvalue weighted by Gasteiger charge is -2.11. The molecule has 5 heteroatoms. The first-order valence-electron chi connectivity index (χ1n) is 7.84. The molecule has 1 saturated heterocycles. The summed E-state index contributed by atoms with van der Waals surface area (Å²) >= 11 is 0. The number of hydrogen-bond acceptors (Lipinski definition) is 3. The van der Waals surface area contributed by atoms with E-state index >= 15 is 0 Å². The van der Waals surface area contributed by atoms with Crippen molar-refractivity contribution >= 4 is 24.1 Å². The Morgan fingerprint density at radius 3 is 2.70 bits per heavy atom. The molecule has 0 aliphatic carbocycles. The zero-order chi connectivity index (χ0) is 15.2. The van der Waals surface area contributed by atoms with Crippen LogP contribution in [0.3, 0.4) is 0 Å². The highest BCUT2D eigenvalue weighted by Gasteiger charge is 2.22. The summed E-state index contributed by atoms with van der Waals surface area (Å²) in [6.07, 6.45) is 5.65. The number of amides is 1. The van der Waals surface area contributed by atoms with E-state index in [2.05, 4.69) is 39.9 Å². The van der Waals surface area contributed by atoms with E-state index < -0.39 is 0 Å². The van der Waals surface area contributed by atoms with Crippen molar-refractivity contribution < 1.29 is 4.79 Å². The summed E-state index contributed by atoms with van der Waals surface area (Å²) in [7, 11) is 0. The predicted molar refractivity (Wildman–Crippen MR) is 95.0 cm³/mol. The minimum atomic E-state index is -0.0743. The van der Waals surface area contributed by atoms with Crippen LogP contribution in [-0.2, 0) is 17.6 Å². The second kappa shape index (κ2) is 8.65. The minimum Gasteiger partial charge on any atom is -0.309 e. The van der Waals surface area contributed by atoms with Gasteiger partial charge in [0.05, 0.1) is 6.04 Å². The van der Waals surface area contributed by atoms with Crippen molar-refractivity contribution in [2.75, 3.05) is 11.9 Å². The van der Waals surface area contributed by atoms with E-state index in [9.17, 15) is 4.79 Å². The van der Waals surface area contributed by atoms with Gasteiger partial charge in [0.1, 0.15) is 5.82 Å². The van der Waals surface area contributed by atoms with Crippen LogP contribution in [-0.4, -0.2) is 23.5 Å². The van der Waals surface area contributed by atoms with Crippen molar-refractivity contribution in [3.63, 3.8) is 0 Å². The van der Waals surface area contributed by atoms with E-state index in [4.69, 9.17) is 0 Å². The van der Waals surface area contributed by atoms with Crippen molar-refractivity contribution in [2.24, 2.45) is 0 Å². The molecule has 2 N–H and O–H groups in total. The second-order valence-corrected chi connectivity index (χ2v) is 5.67. The molecule has 122 valence electrons. The predicted octanol–water partition coefficient (Wildman–Crippen LogP) is 2.98. The molecule has 1 amide bonds. The Morgan fingerprint density at radius 2 is 1.96 bits per heavy atom. The van der Waals surface area contributed by atoms with Gasteiger partial charge in [-0.15, -0.1) is 12.4 Å². The summed E-state index contributed by atoms with van der Waals surface area (Å²) in [4.78, 5) is 16.3. The van der Waals surface area contributed by atoms with Crippen LogP contribution in [0.25, 0.3) is 0 Å². The Morgan fingerprint density at radius 1 is 1.17 bits per heavy atom. The minimum absolute atomic E-state index is 0. The second-order valence-electron chi connectivity index (χ2n) is 5.67. The third kappa shape index (κ3) is 5.05. The Balaban J connectivity index is 0.00000192. The molecule has 1 fully saturated rings. The molecule has 0 bridgehead atoms. The average molecular weight is 332 g/mol. The van der Waals surface area contributed by atoms with Crippen LogP contribution in [0.15, 0.2) is 48.7 Å². The fourth-order valence-corrected chi connectivity index (χ4v) is 2.75. The van der Waals surface area contributed by atoms with Crippen LogP contribution in [0.4, 0.5) is 5.82 Å². The number of nitrogens with zero attached hydrogens (tertiary/aromatic N) is 1. The number of aromatic nitrogens is 1. The maximum absolute atomic E-state index is 12.1. The van der Waals surface area contributed by atoms with E-state index in [1.54, 1.807) is 6.20 Å². The number of anilines is 1. The van der Waals surface area contributed by atoms with Gasteiger partial charge in [-0.3, -0.25) is 4.79 Å². The smallest absolute Gasteiger partial charge is 0.242 e. The number of halogens is 1. The van der Waals surface area contributed by atoms with Gasteiger partial charge >= 0.3 is 0 Å². The summed E-state index contributed by atoms with van der Waals surface area (Å²) in [5.41, 5.74) is 2.51. The van der Waals surface area contributed by atoms with E-state index in [0.29, 0.717) is 5.82 Å². The van der Waals surface area contributed by atoms with Gasteiger partial charge in [-0.1, -0.05) is 30.3 Å². The molecule has 0 radical (unpaired) electrons.